The molecule has 0 saturated carbocycles. The number of rotatable bonds is 7. The Morgan fingerprint density at radius 2 is 1.66 bits per heavy atom. The Kier molecular flexibility index (Phi) is 6.73. The fourth-order valence-electron chi connectivity index (χ4n) is 2.12. The van der Waals surface area contributed by atoms with Crippen molar-refractivity contribution in [2.24, 2.45) is 5.14 Å². The van der Waals surface area contributed by atoms with Gasteiger partial charge in [0.25, 0.3) is 11.8 Å². The van der Waals surface area contributed by atoms with Crippen LogP contribution in [-0.4, -0.2) is 56.3 Å². The summed E-state index contributed by atoms with van der Waals surface area (Å²) in [5.74, 6) is -1.49. The maximum atomic E-state index is 12.4. The first-order valence-electron chi connectivity index (χ1n) is 8.05. The minimum atomic E-state index is -3.94. The second kappa shape index (κ2) is 8.69. The van der Waals surface area contributed by atoms with Crippen molar-refractivity contribution >= 4 is 31.9 Å². The molecule has 0 radical (unpaired) electrons. The van der Waals surface area contributed by atoms with E-state index in [0.717, 1.165) is 26.9 Å². The molecular weight excluding hydrogens is 424 g/mol. The van der Waals surface area contributed by atoms with Crippen molar-refractivity contribution in [2.45, 2.75) is 23.3 Å². The Morgan fingerprint density at radius 3 is 2.21 bits per heavy atom. The number of primary sulfonamides is 1. The molecule has 1 heterocycles. The number of nitrogens with one attached hydrogen (secondary N) is 2. The number of hydrogen-bond acceptors (Lipinski definition) is 7. The molecule has 4 N–H and O–H groups in total. The average Bonchev–Trinajstić information content (AvgIpc) is 3.09. The van der Waals surface area contributed by atoms with Crippen LogP contribution in [0, 0.1) is 6.92 Å². The molecule has 0 aliphatic rings. The van der Waals surface area contributed by atoms with Crippen LogP contribution in [0.5, 0.6) is 0 Å². The molecule has 0 aliphatic carbocycles. The quantitative estimate of drug-likeness (QED) is 0.427. The van der Waals surface area contributed by atoms with E-state index >= 15 is 0 Å². The molecule has 0 unspecified atom stereocenters. The predicted octanol–water partition coefficient (Wildman–Crippen LogP) is -1.69. The van der Waals surface area contributed by atoms with Gasteiger partial charge in [-0.15, -0.1) is 0 Å². The van der Waals surface area contributed by atoms with Gasteiger partial charge in [-0.1, -0.05) is 17.7 Å². The molecule has 0 saturated heterocycles. The third kappa shape index (κ3) is 6.08. The van der Waals surface area contributed by atoms with Crippen molar-refractivity contribution in [1.82, 2.24) is 24.9 Å². The van der Waals surface area contributed by atoms with Gasteiger partial charge in [0, 0.05) is 13.2 Å². The maximum absolute atomic E-state index is 12.4. The van der Waals surface area contributed by atoms with E-state index in [2.05, 4.69) is 16.0 Å². The van der Waals surface area contributed by atoms with Crippen LogP contribution in [0.2, 0.25) is 0 Å². The third-order valence-electron chi connectivity index (χ3n) is 3.68. The minimum Gasteiger partial charge on any atom is -0.272 e. The number of amides is 2. The van der Waals surface area contributed by atoms with Gasteiger partial charge in [-0.2, -0.15) is 9.40 Å². The van der Waals surface area contributed by atoms with Crippen molar-refractivity contribution in [3.63, 3.8) is 0 Å². The summed E-state index contributed by atoms with van der Waals surface area (Å²) in [6.07, 6.45) is 2.03. The lowest BCUT2D eigenvalue weighted by molar-refractivity contribution is -0.129. The molecule has 2 rings (SSSR count). The molecule has 29 heavy (non-hydrogen) atoms. The number of nitrogens with two attached hydrogens (primary N) is 1. The van der Waals surface area contributed by atoms with Crippen LogP contribution in [0.4, 0.5) is 0 Å². The molecular formula is C15H20N6O6S2. The number of hydrogen-bond donors (Lipinski definition) is 3. The lowest BCUT2D eigenvalue weighted by Crippen LogP contribution is -2.47. The fourth-order valence-corrected chi connectivity index (χ4v) is 3.71. The summed E-state index contributed by atoms with van der Waals surface area (Å²) in [6, 6.07) is 6.14. The largest absolute Gasteiger partial charge is 0.272 e. The summed E-state index contributed by atoms with van der Waals surface area (Å²) in [7, 11) is -6.58. The second-order valence-electron chi connectivity index (χ2n) is 6.09. The van der Waals surface area contributed by atoms with E-state index < -0.39 is 45.0 Å². The van der Waals surface area contributed by atoms with Crippen LogP contribution in [0.15, 0.2) is 46.5 Å². The van der Waals surface area contributed by atoms with Crippen LogP contribution in [0.3, 0.4) is 0 Å². The van der Waals surface area contributed by atoms with Gasteiger partial charge >= 0.3 is 0 Å². The van der Waals surface area contributed by atoms with Gasteiger partial charge in [-0.3, -0.25) is 25.1 Å². The highest BCUT2D eigenvalue weighted by Gasteiger charge is 2.23. The summed E-state index contributed by atoms with van der Waals surface area (Å²) >= 11 is 0. The predicted molar refractivity (Wildman–Crippen MR) is 101 cm³/mol. The molecule has 2 amide bonds. The van der Waals surface area contributed by atoms with E-state index in [1.54, 1.807) is 12.1 Å². The van der Waals surface area contributed by atoms with Crippen LogP contribution in [0.1, 0.15) is 5.56 Å². The normalized spacial score (nSPS) is 12.0. The number of nitrogens with zero attached hydrogens (tertiary/aromatic N) is 3. The first-order valence-corrected chi connectivity index (χ1v) is 11.0. The minimum absolute atomic E-state index is 0.0341. The lowest BCUT2D eigenvalue weighted by atomic mass is 10.2. The first-order chi connectivity index (χ1) is 13.4. The Hall–Kier alpha value is -2.81. The summed E-state index contributed by atoms with van der Waals surface area (Å²) in [6.45, 7) is 0.885. The number of aryl methyl sites for hydroxylation is 1. The summed E-state index contributed by atoms with van der Waals surface area (Å²) in [5, 5.41) is 8.60. The third-order valence-corrected chi connectivity index (χ3v) is 6.37. The van der Waals surface area contributed by atoms with Gasteiger partial charge in [0.05, 0.1) is 17.6 Å². The number of benzene rings is 1. The number of likely N-dealkylation sites (N-methyl/N-ethyl adjacent to an activating group) is 1. The van der Waals surface area contributed by atoms with Crippen LogP contribution >= 0.6 is 0 Å². The standard InChI is InChI=1S/C15H20N6O6S2/c1-11-3-5-12(6-4-11)29(26,27)20(2)9-14(22)18-19-15(23)10-21-8-13(7-17-21)28(16,24)25/h3-8H,9-10H2,1-2H3,(H,18,22)(H,19,23)(H2,16,24,25). The average molecular weight is 444 g/mol. The molecule has 14 heteroatoms. The zero-order valence-electron chi connectivity index (χ0n) is 15.6. The highest BCUT2D eigenvalue weighted by atomic mass is 32.2. The van der Waals surface area contributed by atoms with E-state index in [-0.39, 0.29) is 9.79 Å². The smallest absolute Gasteiger partial charge is 0.260 e. The van der Waals surface area contributed by atoms with Gasteiger partial charge in [-0.25, -0.2) is 22.0 Å². The van der Waals surface area contributed by atoms with Crippen molar-refractivity contribution in [1.29, 1.82) is 0 Å². The Labute approximate surface area is 167 Å². The van der Waals surface area contributed by atoms with E-state index in [1.165, 1.54) is 19.2 Å². The van der Waals surface area contributed by atoms with Crippen molar-refractivity contribution in [2.75, 3.05) is 13.6 Å². The van der Waals surface area contributed by atoms with Crippen molar-refractivity contribution in [3.05, 3.63) is 42.2 Å². The number of sulfonamides is 2. The number of carbonyl (C=O) groups excluding carboxylic acids is 2. The number of carbonyl (C=O) groups is 2. The molecule has 0 fully saturated rings. The van der Waals surface area contributed by atoms with Crippen LogP contribution in [0.25, 0.3) is 0 Å². The number of hydrazine groups is 1. The van der Waals surface area contributed by atoms with E-state index in [1.807, 2.05) is 6.92 Å². The Morgan fingerprint density at radius 1 is 1.07 bits per heavy atom. The Bertz CT molecular complexity index is 1110. The summed E-state index contributed by atoms with van der Waals surface area (Å²) < 4.78 is 49.0. The fraction of sp³-hybridized carbons (Fsp3) is 0.267. The highest BCUT2D eigenvalue weighted by molar-refractivity contribution is 7.89. The van der Waals surface area contributed by atoms with E-state index in [9.17, 15) is 26.4 Å². The number of aromatic nitrogens is 2. The Balaban J connectivity index is 1.88. The van der Waals surface area contributed by atoms with Gasteiger partial charge in [0.15, 0.2) is 0 Å². The molecule has 2 aromatic rings. The van der Waals surface area contributed by atoms with E-state index in [0.29, 0.717) is 0 Å². The zero-order chi connectivity index (χ0) is 21.8. The molecule has 0 spiro atoms. The molecule has 0 aliphatic heterocycles. The van der Waals surface area contributed by atoms with Gasteiger partial charge in [-0.05, 0) is 19.1 Å². The highest BCUT2D eigenvalue weighted by Crippen LogP contribution is 2.14. The summed E-state index contributed by atoms with van der Waals surface area (Å²) in [4.78, 5) is 23.5. The molecule has 0 bridgehead atoms. The summed E-state index contributed by atoms with van der Waals surface area (Å²) in [5.41, 5.74) is 5.05. The molecule has 1 aromatic heterocycles. The van der Waals surface area contributed by atoms with Crippen molar-refractivity contribution in [3.8, 4) is 0 Å². The lowest BCUT2D eigenvalue weighted by Gasteiger charge is -2.17. The molecule has 0 atom stereocenters. The topological polar surface area (TPSA) is 174 Å². The van der Waals surface area contributed by atoms with Crippen LogP contribution < -0.4 is 16.0 Å². The van der Waals surface area contributed by atoms with Crippen molar-refractivity contribution < 1.29 is 26.4 Å². The molecule has 1 aromatic carbocycles. The molecule has 12 nitrogen and oxygen atoms in total. The van der Waals surface area contributed by atoms with Gasteiger partial charge in [0.1, 0.15) is 11.4 Å². The van der Waals surface area contributed by atoms with E-state index in [4.69, 9.17) is 5.14 Å². The SMILES string of the molecule is Cc1ccc(S(=O)(=O)N(C)CC(=O)NNC(=O)Cn2cc(S(N)(=O)=O)cn2)cc1. The molecule has 158 valence electrons. The van der Waals surface area contributed by atoms with Crippen LogP contribution in [-0.2, 0) is 36.2 Å². The van der Waals surface area contributed by atoms with Gasteiger partial charge < -0.3 is 0 Å². The first kappa shape index (κ1) is 22.5. The monoisotopic (exact) mass is 444 g/mol. The maximum Gasteiger partial charge on any atom is 0.260 e. The van der Waals surface area contributed by atoms with Gasteiger partial charge in [0.2, 0.25) is 20.0 Å². The second-order valence-corrected chi connectivity index (χ2v) is 9.70. The zero-order valence-corrected chi connectivity index (χ0v) is 17.2.